The number of aromatic nitrogens is 2. The number of benzene rings is 1. The molecule has 0 bridgehead atoms. The quantitative estimate of drug-likeness (QED) is 0.620. The van der Waals surface area contributed by atoms with Crippen molar-refractivity contribution in [1.82, 2.24) is 19.8 Å². The van der Waals surface area contributed by atoms with Crippen LogP contribution in [0.15, 0.2) is 42.6 Å². The van der Waals surface area contributed by atoms with E-state index >= 15 is 0 Å². The summed E-state index contributed by atoms with van der Waals surface area (Å²) in [5, 5.41) is 7.63. The Balaban J connectivity index is 1.58. The largest absolute Gasteiger partial charge is 0.491 e. The number of carbonyl (C=O) groups is 2. The average molecular weight is 465 g/mol. The molecule has 8 nitrogen and oxygen atoms in total. The van der Waals surface area contributed by atoms with Crippen LogP contribution < -0.4 is 10.1 Å². The molecule has 1 aliphatic rings. The molecule has 34 heavy (non-hydrogen) atoms. The normalized spacial score (nSPS) is 14.2. The summed E-state index contributed by atoms with van der Waals surface area (Å²) < 4.78 is 13.4. The number of carbonyl (C=O) groups excluding carboxylic acids is 2. The molecule has 0 unspecified atom stereocenters. The maximum atomic E-state index is 13.4. The molecule has 1 aromatic carbocycles. The second-order valence-electron chi connectivity index (χ2n) is 10.1. The lowest BCUT2D eigenvalue weighted by Gasteiger charge is -2.27. The second-order valence-corrected chi connectivity index (χ2v) is 10.1. The molecule has 2 amide bonds. The van der Waals surface area contributed by atoms with Gasteiger partial charge in [0.1, 0.15) is 18.0 Å². The van der Waals surface area contributed by atoms with Crippen molar-refractivity contribution in [3.05, 3.63) is 65.0 Å². The smallest absolute Gasteiger partial charge is 0.410 e. The molecule has 180 valence electrons. The van der Waals surface area contributed by atoms with Crippen LogP contribution in [0.25, 0.3) is 5.52 Å². The number of para-hydroxylation sites is 1. The first-order chi connectivity index (χ1) is 16.0. The Morgan fingerprint density at radius 1 is 1.09 bits per heavy atom. The van der Waals surface area contributed by atoms with E-state index in [0.717, 1.165) is 22.3 Å². The zero-order valence-corrected chi connectivity index (χ0v) is 20.6. The third-order valence-corrected chi connectivity index (χ3v) is 5.79. The minimum absolute atomic E-state index is 0.250. The molecular formula is C26H32N4O4. The first-order valence-electron chi connectivity index (χ1n) is 11.5. The molecule has 3 heterocycles. The fourth-order valence-electron chi connectivity index (χ4n) is 4.13. The summed E-state index contributed by atoms with van der Waals surface area (Å²) in [5.74, 6) is 0.247. The standard InChI is InChI=1S/C26H32N4O4/c1-17-9-7-12-21-20(15-27-30(17)21)26(5,6)28-23(31)19-11-8-10-18-16-29(13-14-33-22(18)19)24(32)34-25(2,3)4/h7-12,15H,13-14,16H2,1-6H3,(H,28,31). The summed E-state index contributed by atoms with van der Waals surface area (Å²) in [4.78, 5) is 27.6. The van der Waals surface area contributed by atoms with Crippen molar-refractivity contribution >= 4 is 17.5 Å². The predicted octanol–water partition coefficient (Wildman–Crippen LogP) is 4.44. The lowest BCUT2D eigenvalue weighted by molar-refractivity contribution is 0.0225. The number of nitrogens with one attached hydrogen (secondary N) is 1. The minimum atomic E-state index is -0.678. The fourth-order valence-corrected chi connectivity index (χ4v) is 4.13. The first-order valence-corrected chi connectivity index (χ1v) is 11.5. The second kappa shape index (κ2) is 8.66. The molecule has 0 fully saturated rings. The van der Waals surface area contributed by atoms with Gasteiger partial charge in [-0.1, -0.05) is 18.2 Å². The van der Waals surface area contributed by atoms with Gasteiger partial charge in [0.2, 0.25) is 0 Å². The highest BCUT2D eigenvalue weighted by molar-refractivity contribution is 5.98. The third kappa shape index (κ3) is 4.71. The highest BCUT2D eigenvalue weighted by Crippen LogP contribution is 2.31. The van der Waals surface area contributed by atoms with Crippen molar-refractivity contribution in [2.24, 2.45) is 0 Å². The Morgan fingerprint density at radius 3 is 2.56 bits per heavy atom. The lowest BCUT2D eigenvalue weighted by atomic mass is 9.94. The zero-order chi connectivity index (χ0) is 24.7. The van der Waals surface area contributed by atoms with Gasteiger partial charge < -0.3 is 19.7 Å². The Bertz CT molecular complexity index is 1240. The van der Waals surface area contributed by atoms with E-state index in [1.165, 1.54) is 0 Å². The van der Waals surface area contributed by atoms with Gasteiger partial charge in [-0.25, -0.2) is 9.31 Å². The number of amides is 2. The van der Waals surface area contributed by atoms with Crippen molar-refractivity contribution in [2.75, 3.05) is 13.2 Å². The number of aryl methyl sites for hydroxylation is 1. The fraction of sp³-hybridized carbons (Fsp3) is 0.423. The van der Waals surface area contributed by atoms with Crippen molar-refractivity contribution in [3.63, 3.8) is 0 Å². The third-order valence-electron chi connectivity index (χ3n) is 5.79. The van der Waals surface area contributed by atoms with Gasteiger partial charge in [0.05, 0.1) is 35.9 Å². The summed E-state index contributed by atoms with van der Waals surface area (Å²) in [6.45, 7) is 12.4. The molecule has 0 saturated carbocycles. The molecule has 0 saturated heterocycles. The zero-order valence-electron chi connectivity index (χ0n) is 20.6. The van der Waals surface area contributed by atoms with Gasteiger partial charge in [0.25, 0.3) is 5.91 Å². The molecule has 1 aliphatic heterocycles. The number of nitrogens with zero attached hydrogens (tertiary/aromatic N) is 3. The van der Waals surface area contributed by atoms with E-state index in [1.807, 2.05) is 70.3 Å². The number of rotatable bonds is 3. The van der Waals surface area contributed by atoms with Crippen molar-refractivity contribution in [2.45, 2.75) is 59.2 Å². The SMILES string of the molecule is Cc1cccc2c(C(C)(C)NC(=O)c3cccc4c3OCCN(C(=O)OC(C)(C)C)C4)cnn12. The van der Waals surface area contributed by atoms with Crippen LogP contribution in [0.2, 0.25) is 0 Å². The van der Waals surface area contributed by atoms with E-state index in [9.17, 15) is 9.59 Å². The van der Waals surface area contributed by atoms with Crippen LogP contribution in [0, 0.1) is 6.92 Å². The number of fused-ring (bicyclic) bond motifs is 2. The molecule has 0 atom stereocenters. The van der Waals surface area contributed by atoms with Crippen LogP contribution in [0.4, 0.5) is 4.79 Å². The molecule has 4 rings (SSSR count). The first kappa shape index (κ1) is 23.6. The maximum absolute atomic E-state index is 13.4. The average Bonchev–Trinajstić information content (AvgIpc) is 3.07. The number of pyridine rings is 1. The molecule has 0 spiro atoms. The van der Waals surface area contributed by atoms with E-state index in [-0.39, 0.29) is 12.5 Å². The Morgan fingerprint density at radius 2 is 1.82 bits per heavy atom. The lowest BCUT2D eigenvalue weighted by Crippen LogP contribution is -2.41. The molecule has 0 aliphatic carbocycles. The number of hydrogen-bond donors (Lipinski definition) is 1. The van der Waals surface area contributed by atoms with Gasteiger partial charge in [-0.2, -0.15) is 5.10 Å². The maximum Gasteiger partial charge on any atom is 0.410 e. The molecule has 8 heteroatoms. The van der Waals surface area contributed by atoms with Crippen molar-refractivity contribution < 1.29 is 19.1 Å². The van der Waals surface area contributed by atoms with Gasteiger partial charge in [-0.15, -0.1) is 0 Å². The van der Waals surface area contributed by atoms with Crippen LogP contribution in [0.3, 0.4) is 0 Å². The van der Waals surface area contributed by atoms with E-state index < -0.39 is 17.2 Å². The molecule has 0 radical (unpaired) electrons. The summed E-state index contributed by atoms with van der Waals surface area (Å²) in [7, 11) is 0. The number of ether oxygens (including phenoxy) is 2. The van der Waals surface area contributed by atoms with Crippen LogP contribution in [0.1, 0.15) is 61.8 Å². The van der Waals surface area contributed by atoms with Crippen molar-refractivity contribution in [3.8, 4) is 5.75 Å². The summed E-state index contributed by atoms with van der Waals surface area (Å²) in [5.41, 5.74) is 2.82. The molecular weight excluding hydrogens is 432 g/mol. The summed E-state index contributed by atoms with van der Waals surface area (Å²) in [6, 6.07) is 11.4. The van der Waals surface area contributed by atoms with Gasteiger partial charge in [-0.3, -0.25) is 4.79 Å². The Kier molecular flexibility index (Phi) is 6.02. The van der Waals surface area contributed by atoms with E-state index in [0.29, 0.717) is 24.4 Å². The molecule has 1 N–H and O–H groups in total. The van der Waals surface area contributed by atoms with Crippen LogP contribution in [0.5, 0.6) is 5.75 Å². The number of hydrogen-bond acceptors (Lipinski definition) is 5. The van der Waals surface area contributed by atoms with Gasteiger partial charge in [-0.05, 0) is 59.7 Å². The van der Waals surface area contributed by atoms with Crippen molar-refractivity contribution in [1.29, 1.82) is 0 Å². The van der Waals surface area contributed by atoms with E-state index in [4.69, 9.17) is 9.47 Å². The van der Waals surface area contributed by atoms with Crippen LogP contribution in [-0.2, 0) is 16.8 Å². The Hall–Kier alpha value is -3.55. The minimum Gasteiger partial charge on any atom is -0.491 e. The molecule has 2 aromatic heterocycles. The monoisotopic (exact) mass is 464 g/mol. The van der Waals surface area contributed by atoms with Crippen LogP contribution in [-0.4, -0.2) is 45.3 Å². The topological polar surface area (TPSA) is 85.2 Å². The van der Waals surface area contributed by atoms with Gasteiger partial charge in [0.15, 0.2) is 0 Å². The van der Waals surface area contributed by atoms with Gasteiger partial charge >= 0.3 is 6.09 Å². The predicted molar refractivity (Wildman–Crippen MR) is 129 cm³/mol. The van der Waals surface area contributed by atoms with Gasteiger partial charge in [0, 0.05) is 16.8 Å². The highest BCUT2D eigenvalue weighted by Gasteiger charge is 2.31. The van der Waals surface area contributed by atoms with Crippen LogP contribution >= 0.6 is 0 Å². The highest BCUT2D eigenvalue weighted by atomic mass is 16.6. The molecule has 3 aromatic rings. The Labute approximate surface area is 199 Å². The van der Waals surface area contributed by atoms with E-state index in [1.54, 1.807) is 23.2 Å². The van der Waals surface area contributed by atoms with E-state index in [2.05, 4.69) is 10.4 Å². The summed E-state index contributed by atoms with van der Waals surface area (Å²) >= 11 is 0. The summed E-state index contributed by atoms with van der Waals surface area (Å²) in [6.07, 6.45) is 1.40.